The molecule has 2 aromatic rings. The zero-order chi connectivity index (χ0) is 20.2. The summed E-state index contributed by atoms with van der Waals surface area (Å²) in [6.07, 6.45) is 3.47. The van der Waals surface area contributed by atoms with Gasteiger partial charge in [0.25, 0.3) is 0 Å². The molecule has 2 rings (SSSR count). The lowest BCUT2D eigenvalue weighted by atomic mass is 10.1. The van der Waals surface area contributed by atoms with Gasteiger partial charge in [-0.15, -0.1) is 13.2 Å². The molecule has 0 amide bonds. The molecule has 0 aliphatic carbocycles. The molecule has 0 fully saturated rings. The van der Waals surface area contributed by atoms with Crippen molar-refractivity contribution in [3.8, 4) is 11.5 Å². The largest absolute Gasteiger partial charge is 0.507 e. The van der Waals surface area contributed by atoms with Crippen molar-refractivity contribution in [1.82, 2.24) is 0 Å². The molecule has 144 valence electrons. The number of rotatable bonds is 8. The average molecular weight is 390 g/mol. The number of aliphatic hydroxyl groups is 2. The second kappa shape index (κ2) is 8.39. The molecule has 27 heavy (non-hydrogen) atoms. The van der Waals surface area contributed by atoms with Crippen LogP contribution in [-0.4, -0.2) is 28.8 Å². The number of benzene rings is 2. The second-order valence-electron chi connectivity index (χ2n) is 5.99. The highest BCUT2D eigenvalue weighted by atomic mass is 32.2. The highest BCUT2D eigenvalue weighted by molar-refractivity contribution is 7.91. The summed E-state index contributed by atoms with van der Waals surface area (Å²) >= 11 is 0. The molecule has 0 atom stereocenters. The quantitative estimate of drug-likeness (QED) is 0.515. The topological polar surface area (TPSA) is 115 Å². The summed E-state index contributed by atoms with van der Waals surface area (Å²) in [5.74, 6) is -0.351. The summed E-state index contributed by atoms with van der Waals surface area (Å²) in [4.78, 5) is -0.222. The summed E-state index contributed by atoms with van der Waals surface area (Å²) in [6.45, 7) is 6.10. The Morgan fingerprint density at radius 3 is 1.37 bits per heavy atom. The Kier molecular flexibility index (Phi) is 6.43. The summed E-state index contributed by atoms with van der Waals surface area (Å²) in [7, 11) is -4.03. The maximum absolute atomic E-state index is 13.1. The molecule has 0 saturated heterocycles. The van der Waals surface area contributed by atoms with E-state index in [0.29, 0.717) is 11.1 Å². The number of allylic oxidation sites excluding steroid dienone is 2. The molecule has 0 aliphatic heterocycles. The summed E-state index contributed by atoms with van der Waals surface area (Å²) < 4.78 is 26.3. The molecule has 6 nitrogen and oxygen atoms in total. The predicted octanol–water partition coefficient (Wildman–Crippen LogP) is 2.37. The van der Waals surface area contributed by atoms with Gasteiger partial charge in [0.2, 0.25) is 9.84 Å². The highest BCUT2D eigenvalue weighted by Gasteiger charge is 2.23. The number of sulfone groups is 1. The number of hydrogen-bond acceptors (Lipinski definition) is 6. The minimum atomic E-state index is -4.03. The SMILES string of the molecule is C=CCc1cc(S(=O)(=O)c2cc(CO)c(O)c(CC=C)c2)cc(CO)c1O. The van der Waals surface area contributed by atoms with Crippen molar-refractivity contribution in [3.63, 3.8) is 0 Å². The van der Waals surface area contributed by atoms with Crippen LogP contribution >= 0.6 is 0 Å². The van der Waals surface area contributed by atoms with Crippen LogP contribution < -0.4 is 0 Å². The van der Waals surface area contributed by atoms with Crippen LogP contribution in [0.1, 0.15) is 22.3 Å². The van der Waals surface area contributed by atoms with Crippen LogP contribution in [0, 0.1) is 0 Å². The summed E-state index contributed by atoms with van der Waals surface area (Å²) in [5, 5.41) is 39.2. The lowest BCUT2D eigenvalue weighted by Crippen LogP contribution is -2.06. The van der Waals surface area contributed by atoms with Gasteiger partial charge in [-0.2, -0.15) is 0 Å². The first-order valence-electron chi connectivity index (χ1n) is 8.18. The Morgan fingerprint density at radius 1 is 0.741 bits per heavy atom. The molecule has 0 unspecified atom stereocenters. The lowest BCUT2D eigenvalue weighted by molar-refractivity contribution is 0.274. The standard InChI is InChI=1S/C20H22O6S/c1-3-5-13-7-17(9-15(11-21)19(13)23)27(25,26)18-8-14(6-4-2)20(24)16(10-18)12-22/h3-4,7-10,21-24H,1-2,5-6,11-12H2. The molecule has 7 heteroatoms. The first-order chi connectivity index (χ1) is 12.8. The van der Waals surface area contributed by atoms with E-state index in [9.17, 15) is 28.8 Å². The van der Waals surface area contributed by atoms with Gasteiger partial charge in [-0.25, -0.2) is 8.42 Å². The first kappa shape index (κ1) is 20.7. The van der Waals surface area contributed by atoms with Gasteiger partial charge in [0.15, 0.2) is 0 Å². The Hall–Kier alpha value is -2.61. The van der Waals surface area contributed by atoms with Crippen molar-refractivity contribution in [1.29, 1.82) is 0 Å². The van der Waals surface area contributed by atoms with E-state index in [1.54, 1.807) is 0 Å². The number of aromatic hydroxyl groups is 2. The third kappa shape index (κ3) is 4.05. The maximum atomic E-state index is 13.1. The first-order valence-corrected chi connectivity index (χ1v) is 9.66. The van der Waals surface area contributed by atoms with Gasteiger partial charge in [-0.1, -0.05) is 12.2 Å². The summed E-state index contributed by atoms with van der Waals surface area (Å²) in [6, 6.07) is 5.06. The second-order valence-corrected chi connectivity index (χ2v) is 7.94. The highest BCUT2D eigenvalue weighted by Crippen LogP contribution is 2.34. The zero-order valence-electron chi connectivity index (χ0n) is 14.7. The van der Waals surface area contributed by atoms with Crippen molar-refractivity contribution >= 4 is 9.84 Å². The van der Waals surface area contributed by atoms with Crippen molar-refractivity contribution in [2.45, 2.75) is 35.8 Å². The van der Waals surface area contributed by atoms with Gasteiger partial charge >= 0.3 is 0 Å². The van der Waals surface area contributed by atoms with E-state index < -0.39 is 23.1 Å². The van der Waals surface area contributed by atoms with Gasteiger partial charge < -0.3 is 20.4 Å². The molecule has 4 N–H and O–H groups in total. The van der Waals surface area contributed by atoms with E-state index in [0.717, 1.165) is 0 Å². The smallest absolute Gasteiger partial charge is 0.206 e. The van der Waals surface area contributed by atoms with E-state index in [2.05, 4.69) is 13.2 Å². The minimum absolute atomic E-state index is 0.0837. The van der Waals surface area contributed by atoms with Crippen LogP contribution in [0.25, 0.3) is 0 Å². The Labute approximate surface area is 158 Å². The molecule has 0 bridgehead atoms. The third-order valence-electron chi connectivity index (χ3n) is 4.17. The summed E-state index contributed by atoms with van der Waals surface area (Å²) in [5.41, 5.74) is 0.811. The number of phenols is 2. The van der Waals surface area contributed by atoms with E-state index in [4.69, 9.17) is 0 Å². The van der Waals surface area contributed by atoms with Crippen LogP contribution in [0.2, 0.25) is 0 Å². The molecule has 0 heterocycles. The van der Waals surface area contributed by atoms with Crippen LogP contribution in [-0.2, 0) is 35.9 Å². The van der Waals surface area contributed by atoms with Gasteiger partial charge in [-0.3, -0.25) is 0 Å². The fourth-order valence-corrected chi connectivity index (χ4v) is 4.23. The van der Waals surface area contributed by atoms with E-state index in [-0.39, 0.29) is 45.3 Å². The van der Waals surface area contributed by atoms with Crippen LogP contribution in [0.3, 0.4) is 0 Å². The Bertz CT molecular complexity index is 903. The van der Waals surface area contributed by atoms with E-state index >= 15 is 0 Å². The molecular formula is C20H22O6S. The van der Waals surface area contributed by atoms with Gasteiger partial charge in [-0.05, 0) is 48.2 Å². The third-order valence-corrected chi connectivity index (χ3v) is 5.89. The minimum Gasteiger partial charge on any atom is -0.507 e. The zero-order valence-corrected chi connectivity index (χ0v) is 15.5. The van der Waals surface area contributed by atoms with Crippen LogP contribution in [0.15, 0.2) is 59.4 Å². The number of aliphatic hydroxyl groups excluding tert-OH is 2. The Morgan fingerprint density at radius 2 is 1.07 bits per heavy atom. The van der Waals surface area contributed by atoms with Gasteiger partial charge in [0.1, 0.15) is 11.5 Å². The normalized spacial score (nSPS) is 11.3. The van der Waals surface area contributed by atoms with Crippen LogP contribution in [0.5, 0.6) is 11.5 Å². The van der Waals surface area contributed by atoms with Crippen molar-refractivity contribution in [2.24, 2.45) is 0 Å². The predicted molar refractivity (Wildman–Crippen MR) is 101 cm³/mol. The van der Waals surface area contributed by atoms with Crippen molar-refractivity contribution in [3.05, 3.63) is 71.8 Å². The monoisotopic (exact) mass is 390 g/mol. The van der Waals surface area contributed by atoms with E-state index in [1.165, 1.54) is 36.4 Å². The Balaban J connectivity index is 2.72. The molecule has 0 radical (unpaired) electrons. The molecule has 2 aromatic carbocycles. The fraction of sp³-hybridized carbons (Fsp3) is 0.200. The number of hydrogen-bond donors (Lipinski definition) is 4. The van der Waals surface area contributed by atoms with Gasteiger partial charge in [0.05, 0.1) is 23.0 Å². The van der Waals surface area contributed by atoms with Crippen molar-refractivity contribution < 1.29 is 28.8 Å². The van der Waals surface area contributed by atoms with E-state index in [1.807, 2.05) is 0 Å². The van der Waals surface area contributed by atoms with Gasteiger partial charge in [0, 0.05) is 11.1 Å². The molecular weight excluding hydrogens is 368 g/mol. The fourth-order valence-electron chi connectivity index (χ4n) is 2.77. The lowest BCUT2D eigenvalue weighted by Gasteiger charge is -2.14. The molecule has 0 aliphatic rings. The van der Waals surface area contributed by atoms with Crippen LogP contribution in [0.4, 0.5) is 0 Å². The molecule has 0 saturated carbocycles. The molecule has 0 aromatic heterocycles. The molecule has 0 spiro atoms. The maximum Gasteiger partial charge on any atom is 0.206 e. The average Bonchev–Trinajstić information content (AvgIpc) is 2.65. The van der Waals surface area contributed by atoms with Crippen molar-refractivity contribution in [2.75, 3.05) is 0 Å².